The first kappa shape index (κ1) is 24.7. The van der Waals surface area contributed by atoms with Crippen LogP contribution in [0, 0.1) is 18.7 Å². The topological polar surface area (TPSA) is 59.7 Å². The zero-order valence-corrected chi connectivity index (χ0v) is 20.1. The summed E-state index contributed by atoms with van der Waals surface area (Å²) in [6.45, 7) is 8.23. The molecule has 0 aromatic carbocycles. The summed E-state index contributed by atoms with van der Waals surface area (Å²) in [6.07, 6.45) is -2.58. The molecule has 1 saturated heterocycles. The molecule has 1 aliphatic carbocycles. The Kier molecular flexibility index (Phi) is 6.54. The highest BCUT2D eigenvalue weighted by atomic mass is 19.4. The number of carbonyl (C=O) groups is 1. The van der Waals surface area contributed by atoms with Crippen molar-refractivity contribution in [1.82, 2.24) is 19.5 Å². The molecule has 4 rings (SSSR count). The van der Waals surface area contributed by atoms with Crippen LogP contribution in [-0.2, 0) is 4.74 Å². The normalized spacial score (nSPS) is 24.5. The first-order valence-electron chi connectivity index (χ1n) is 11.9. The molecule has 34 heavy (non-hydrogen) atoms. The third kappa shape index (κ3) is 5.15. The number of hydrogen-bond donors (Lipinski definition) is 0. The van der Waals surface area contributed by atoms with Gasteiger partial charge in [0.25, 0.3) is 0 Å². The Balaban J connectivity index is 1.60. The van der Waals surface area contributed by atoms with Crippen molar-refractivity contribution in [3.8, 4) is 0 Å². The van der Waals surface area contributed by atoms with E-state index in [-0.39, 0.29) is 55.0 Å². The van der Waals surface area contributed by atoms with Gasteiger partial charge in [-0.2, -0.15) is 18.3 Å². The molecule has 0 radical (unpaired) electrons. The van der Waals surface area contributed by atoms with Crippen molar-refractivity contribution in [1.29, 1.82) is 0 Å². The molecule has 2 aromatic rings. The van der Waals surface area contributed by atoms with Crippen LogP contribution < -0.4 is 0 Å². The Morgan fingerprint density at radius 2 is 1.76 bits per heavy atom. The maximum Gasteiger partial charge on any atom is 0.410 e. The summed E-state index contributed by atoms with van der Waals surface area (Å²) in [4.78, 5) is 18.6. The second-order valence-electron chi connectivity index (χ2n) is 10.6. The van der Waals surface area contributed by atoms with Crippen molar-refractivity contribution < 1.29 is 27.1 Å². The summed E-state index contributed by atoms with van der Waals surface area (Å²) >= 11 is 0. The monoisotopic (exact) mass is 484 g/mol. The molecule has 188 valence electrons. The van der Waals surface area contributed by atoms with Gasteiger partial charge in [0.15, 0.2) is 11.5 Å². The number of fused-ring (bicyclic) bond motifs is 1. The average Bonchev–Trinajstić information content (AvgIpc) is 3.08. The van der Waals surface area contributed by atoms with E-state index in [1.807, 2.05) is 26.8 Å². The van der Waals surface area contributed by atoms with Gasteiger partial charge in [0, 0.05) is 30.6 Å². The van der Waals surface area contributed by atoms with E-state index in [2.05, 4.69) is 10.1 Å². The summed E-state index contributed by atoms with van der Waals surface area (Å²) in [5.74, 6) is -2.34. The number of aromatic nitrogens is 3. The first-order valence-corrected chi connectivity index (χ1v) is 11.9. The Morgan fingerprint density at radius 1 is 1.09 bits per heavy atom. The van der Waals surface area contributed by atoms with E-state index >= 15 is 4.39 Å². The predicted octanol–water partition coefficient (Wildman–Crippen LogP) is 6.13. The Hall–Kier alpha value is -2.39. The van der Waals surface area contributed by atoms with E-state index in [0.717, 1.165) is 18.5 Å². The molecule has 1 amide bonds. The smallest absolute Gasteiger partial charge is 0.410 e. The molecule has 0 N–H and O–H groups in total. The molecule has 1 saturated carbocycles. The van der Waals surface area contributed by atoms with Crippen LogP contribution in [0.15, 0.2) is 6.07 Å². The molecule has 0 unspecified atom stereocenters. The van der Waals surface area contributed by atoms with Crippen molar-refractivity contribution in [3.63, 3.8) is 0 Å². The van der Waals surface area contributed by atoms with E-state index in [1.165, 1.54) is 4.52 Å². The molecule has 2 aromatic heterocycles. The summed E-state index contributed by atoms with van der Waals surface area (Å²) < 4.78 is 61.6. The van der Waals surface area contributed by atoms with Crippen LogP contribution >= 0.6 is 0 Å². The van der Waals surface area contributed by atoms with Gasteiger partial charge in [-0.15, -0.1) is 0 Å². The zero-order valence-electron chi connectivity index (χ0n) is 20.1. The highest BCUT2D eigenvalue weighted by Crippen LogP contribution is 2.43. The number of piperidine rings is 1. The van der Waals surface area contributed by atoms with Gasteiger partial charge in [-0.05, 0) is 72.3 Å². The highest BCUT2D eigenvalue weighted by Gasteiger charge is 2.42. The first-order chi connectivity index (χ1) is 15.8. The van der Waals surface area contributed by atoms with E-state index in [4.69, 9.17) is 4.74 Å². The lowest BCUT2D eigenvalue weighted by atomic mass is 9.80. The molecule has 10 heteroatoms. The van der Waals surface area contributed by atoms with Crippen LogP contribution in [0.25, 0.3) is 5.65 Å². The number of likely N-dealkylation sites (tertiary alicyclic amines) is 1. The minimum atomic E-state index is -4.21. The number of nitrogens with zero attached hydrogens (tertiary/aromatic N) is 4. The van der Waals surface area contributed by atoms with Crippen molar-refractivity contribution in [2.75, 3.05) is 13.1 Å². The van der Waals surface area contributed by atoms with Crippen LogP contribution in [0.1, 0.15) is 88.2 Å². The molecule has 1 aliphatic heterocycles. The molecule has 0 bridgehead atoms. The Morgan fingerprint density at radius 3 is 2.38 bits per heavy atom. The van der Waals surface area contributed by atoms with Crippen molar-refractivity contribution >= 4 is 11.7 Å². The largest absolute Gasteiger partial charge is 0.444 e. The average molecular weight is 485 g/mol. The zero-order chi connectivity index (χ0) is 24.8. The Bertz CT molecular complexity index is 1050. The number of carbonyl (C=O) groups excluding carboxylic acids is 1. The molecule has 3 heterocycles. The fourth-order valence-corrected chi connectivity index (χ4v) is 5.11. The minimum Gasteiger partial charge on any atom is -0.444 e. The van der Waals surface area contributed by atoms with E-state index in [9.17, 15) is 18.0 Å². The maximum atomic E-state index is 15.4. The predicted molar refractivity (Wildman–Crippen MR) is 118 cm³/mol. The van der Waals surface area contributed by atoms with Gasteiger partial charge in [0.05, 0.1) is 11.6 Å². The van der Waals surface area contributed by atoms with Gasteiger partial charge in [0.2, 0.25) is 0 Å². The van der Waals surface area contributed by atoms with Crippen molar-refractivity contribution in [2.24, 2.45) is 5.92 Å². The van der Waals surface area contributed by atoms with Crippen LogP contribution in [0.3, 0.4) is 0 Å². The summed E-state index contributed by atoms with van der Waals surface area (Å²) in [5, 5.41) is 4.53. The van der Waals surface area contributed by atoms with Gasteiger partial charge in [0.1, 0.15) is 11.3 Å². The van der Waals surface area contributed by atoms with Gasteiger partial charge < -0.3 is 9.64 Å². The van der Waals surface area contributed by atoms with E-state index in [0.29, 0.717) is 18.8 Å². The number of alkyl halides is 3. The van der Waals surface area contributed by atoms with Crippen molar-refractivity contribution in [3.05, 3.63) is 29.0 Å². The minimum absolute atomic E-state index is 0.0196. The lowest BCUT2D eigenvalue weighted by Crippen LogP contribution is -2.42. The van der Waals surface area contributed by atoms with Crippen LogP contribution in [0.2, 0.25) is 0 Å². The van der Waals surface area contributed by atoms with E-state index in [1.54, 1.807) is 11.8 Å². The molecule has 0 spiro atoms. The van der Waals surface area contributed by atoms with E-state index < -0.39 is 23.5 Å². The van der Waals surface area contributed by atoms with Crippen LogP contribution in [-0.4, -0.2) is 50.5 Å². The van der Waals surface area contributed by atoms with Gasteiger partial charge in [-0.3, -0.25) is 0 Å². The third-order valence-corrected chi connectivity index (χ3v) is 6.78. The third-order valence-electron chi connectivity index (χ3n) is 6.78. The van der Waals surface area contributed by atoms with Gasteiger partial charge >= 0.3 is 12.3 Å². The number of hydrogen-bond acceptors (Lipinski definition) is 4. The number of rotatable bonds is 2. The molecular formula is C24H32F4N4O2. The standard InChI is InChI=1S/C24H32F4N4O2/c1-14-12-18(16-6-5-11-31(13-16)22(33)34-23(2,3)4)32-21(29-14)19(25)20(30-32)15-7-9-17(10-8-15)24(26,27)28/h12,15-17H,5-11,13H2,1-4H3/t15?,16-,17?/m0/s1. The quantitative estimate of drug-likeness (QED) is 0.482. The molecule has 6 nitrogen and oxygen atoms in total. The highest BCUT2D eigenvalue weighted by molar-refractivity contribution is 5.68. The summed E-state index contributed by atoms with van der Waals surface area (Å²) in [7, 11) is 0. The second kappa shape index (κ2) is 9.00. The number of aryl methyl sites for hydroxylation is 1. The lowest BCUT2D eigenvalue weighted by molar-refractivity contribution is -0.182. The van der Waals surface area contributed by atoms with Gasteiger partial charge in [-0.25, -0.2) is 18.7 Å². The van der Waals surface area contributed by atoms with Crippen molar-refractivity contribution in [2.45, 2.75) is 89.8 Å². The van der Waals surface area contributed by atoms with Crippen LogP contribution in [0.4, 0.5) is 22.4 Å². The second-order valence-corrected chi connectivity index (χ2v) is 10.6. The number of halogens is 4. The summed E-state index contributed by atoms with van der Waals surface area (Å²) in [5.41, 5.74) is 1.07. The molecule has 2 fully saturated rings. The lowest BCUT2D eigenvalue weighted by Gasteiger charge is -2.34. The van der Waals surface area contributed by atoms with Gasteiger partial charge in [-0.1, -0.05) is 0 Å². The molecule has 2 aliphatic rings. The molecule has 1 atom stereocenters. The Labute approximate surface area is 196 Å². The summed E-state index contributed by atoms with van der Waals surface area (Å²) in [6, 6.07) is 1.85. The maximum absolute atomic E-state index is 15.4. The molecular weight excluding hydrogens is 452 g/mol. The fraction of sp³-hybridized carbons (Fsp3) is 0.708. The SMILES string of the molecule is Cc1cc([C@H]2CCCN(C(=O)OC(C)(C)C)C2)n2nc(C3CCC(C(F)(F)F)CC3)c(F)c2n1. The number of amides is 1. The van der Waals surface area contributed by atoms with Crippen LogP contribution in [0.5, 0.6) is 0 Å². The fourth-order valence-electron chi connectivity index (χ4n) is 5.11. The number of ether oxygens (including phenoxy) is 1.